The standard InChI is InChI=1S/C40H24S/c1-2-13-26(14-3-1)36-31-19-8-9-20-32(31)38(33-23-22-25-12-4-6-16-28(25)37(33)36)39-29-17-7-5-15-27(29)24-34-30-18-10-11-21-35(30)41-40(34)39/h1-24H. The van der Waals surface area contributed by atoms with Crippen LogP contribution >= 0.6 is 11.3 Å². The fourth-order valence-electron chi connectivity index (χ4n) is 6.89. The van der Waals surface area contributed by atoms with Gasteiger partial charge in [0.25, 0.3) is 0 Å². The van der Waals surface area contributed by atoms with Crippen LogP contribution in [-0.2, 0) is 0 Å². The summed E-state index contributed by atoms with van der Waals surface area (Å²) in [7, 11) is 0. The lowest BCUT2D eigenvalue weighted by Crippen LogP contribution is -1.93. The molecule has 0 bridgehead atoms. The number of hydrogen-bond donors (Lipinski definition) is 0. The predicted octanol–water partition coefficient (Wildman–Crippen LogP) is 12.0. The molecular weight excluding hydrogens is 513 g/mol. The van der Waals surface area contributed by atoms with Crippen molar-refractivity contribution in [3.63, 3.8) is 0 Å². The Morgan fingerprint density at radius 2 is 0.951 bits per heavy atom. The van der Waals surface area contributed by atoms with Gasteiger partial charge in [-0.25, -0.2) is 0 Å². The highest BCUT2D eigenvalue weighted by atomic mass is 32.1. The van der Waals surface area contributed by atoms with Gasteiger partial charge in [0.05, 0.1) is 0 Å². The van der Waals surface area contributed by atoms with E-state index in [2.05, 4.69) is 146 Å². The summed E-state index contributed by atoms with van der Waals surface area (Å²) in [4.78, 5) is 0. The molecule has 0 amide bonds. The highest BCUT2D eigenvalue weighted by molar-refractivity contribution is 7.26. The average molecular weight is 537 g/mol. The molecule has 0 unspecified atom stereocenters. The van der Waals surface area contributed by atoms with Gasteiger partial charge in [0.2, 0.25) is 0 Å². The first-order chi connectivity index (χ1) is 20.4. The van der Waals surface area contributed by atoms with E-state index >= 15 is 0 Å². The fraction of sp³-hybridized carbons (Fsp3) is 0. The molecule has 0 aliphatic rings. The van der Waals surface area contributed by atoms with Crippen molar-refractivity contribution in [2.24, 2.45) is 0 Å². The van der Waals surface area contributed by atoms with E-state index < -0.39 is 0 Å². The molecule has 0 aliphatic heterocycles. The average Bonchev–Trinajstić information content (AvgIpc) is 3.41. The molecule has 9 rings (SSSR count). The lowest BCUT2D eigenvalue weighted by atomic mass is 9.82. The number of thiophene rings is 1. The van der Waals surface area contributed by atoms with E-state index in [-0.39, 0.29) is 0 Å². The van der Waals surface area contributed by atoms with Crippen molar-refractivity contribution in [1.82, 2.24) is 0 Å². The molecule has 0 saturated heterocycles. The van der Waals surface area contributed by atoms with E-state index in [0.29, 0.717) is 0 Å². The Morgan fingerprint density at radius 3 is 1.76 bits per heavy atom. The second kappa shape index (κ2) is 8.76. The summed E-state index contributed by atoms with van der Waals surface area (Å²) in [6, 6.07) is 53.6. The summed E-state index contributed by atoms with van der Waals surface area (Å²) in [5.74, 6) is 0. The molecule has 0 saturated carbocycles. The van der Waals surface area contributed by atoms with Gasteiger partial charge in [-0.2, -0.15) is 0 Å². The monoisotopic (exact) mass is 536 g/mol. The molecule has 1 heterocycles. The van der Waals surface area contributed by atoms with Gasteiger partial charge in [-0.3, -0.25) is 0 Å². The van der Waals surface area contributed by atoms with Crippen molar-refractivity contribution in [2.45, 2.75) is 0 Å². The molecular formula is C40H24S. The molecule has 0 aliphatic carbocycles. The molecule has 1 aromatic heterocycles. The summed E-state index contributed by atoms with van der Waals surface area (Å²) in [6.45, 7) is 0. The van der Waals surface area contributed by atoms with Gasteiger partial charge in [0, 0.05) is 25.7 Å². The third-order valence-corrected chi connectivity index (χ3v) is 9.82. The zero-order valence-corrected chi connectivity index (χ0v) is 23.1. The van der Waals surface area contributed by atoms with E-state index in [1.165, 1.54) is 85.5 Å². The number of benzene rings is 8. The Balaban J connectivity index is 1.60. The van der Waals surface area contributed by atoms with Gasteiger partial charge in [-0.1, -0.05) is 133 Å². The van der Waals surface area contributed by atoms with Crippen LogP contribution in [0.25, 0.3) is 85.5 Å². The summed E-state index contributed by atoms with van der Waals surface area (Å²) >= 11 is 1.92. The fourth-order valence-corrected chi connectivity index (χ4v) is 8.14. The molecule has 0 N–H and O–H groups in total. The first kappa shape index (κ1) is 22.8. The van der Waals surface area contributed by atoms with Crippen LogP contribution in [0, 0.1) is 0 Å². The Morgan fingerprint density at radius 1 is 0.341 bits per heavy atom. The van der Waals surface area contributed by atoms with Crippen molar-refractivity contribution in [3.05, 3.63) is 146 Å². The van der Waals surface area contributed by atoms with Crippen LogP contribution in [0.3, 0.4) is 0 Å². The topological polar surface area (TPSA) is 0 Å². The maximum absolute atomic E-state index is 2.39. The lowest BCUT2D eigenvalue weighted by molar-refractivity contribution is 1.68. The second-order valence-electron chi connectivity index (χ2n) is 10.8. The van der Waals surface area contributed by atoms with Gasteiger partial charge in [0.15, 0.2) is 0 Å². The van der Waals surface area contributed by atoms with Crippen LogP contribution < -0.4 is 0 Å². The van der Waals surface area contributed by atoms with Crippen LogP contribution in [0.4, 0.5) is 0 Å². The van der Waals surface area contributed by atoms with E-state index in [0.717, 1.165) is 0 Å². The lowest BCUT2D eigenvalue weighted by Gasteiger charge is -2.20. The molecule has 1 heteroatoms. The third kappa shape index (κ3) is 3.27. The number of rotatable bonds is 2. The van der Waals surface area contributed by atoms with Gasteiger partial charge in [-0.05, 0) is 71.9 Å². The molecule has 0 nitrogen and oxygen atoms in total. The van der Waals surface area contributed by atoms with E-state index in [9.17, 15) is 0 Å². The summed E-state index contributed by atoms with van der Waals surface area (Å²) in [5.41, 5.74) is 5.23. The molecule has 8 aromatic carbocycles. The van der Waals surface area contributed by atoms with Gasteiger partial charge in [0.1, 0.15) is 0 Å². The van der Waals surface area contributed by atoms with Crippen LogP contribution in [0.2, 0.25) is 0 Å². The van der Waals surface area contributed by atoms with Crippen molar-refractivity contribution >= 4 is 74.6 Å². The van der Waals surface area contributed by atoms with Crippen LogP contribution in [0.5, 0.6) is 0 Å². The zero-order chi connectivity index (χ0) is 26.9. The molecule has 0 radical (unpaired) electrons. The van der Waals surface area contributed by atoms with Crippen molar-refractivity contribution in [2.75, 3.05) is 0 Å². The zero-order valence-electron chi connectivity index (χ0n) is 22.3. The molecule has 41 heavy (non-hydrogen) atoms. The maximum Gasteiger partial charge on any atom is 0.0440 e. The number of fused-ring (bicyclic) bond motifs is 8. The molecule has 9 aromatic rings. The highest BCUT2D eigenvalue weighted by Crippen LogP contribution is 2.51. The summed E-state index contributed by atoms with van der Waals surface area (Å²) < 4.78 is 2.69. The quantitative estimate of drug-likeness (QED) is 0.152. The molecule has 190 valence electrons. The second-order valence-corrected chi connectivity index (χ2v) is 11.9. The molecule has 0 fully saturated rings. The Kier molecular flexibility index (Phi) is 4.87. The Labute approximate surface area is 241 Å². The summed E-state index contributed by atoms with van der Waals surface area (Å²) in [6.07, 6.45) is 0. The minimum Gasteiger partial charge on any atom is -0.135 e. The smallest absolute Gasteiger partial charge is 0.0440 e. The number of hydrogen-bond acceptors (Lipinski definition) is 1. The van der Waals surface area contributed by atoms with Crippen LogP contribution in [0.1, 0.15) is 0 Å². The van der Waals surface area contributed by atoms with E-state index in [1.54, 1.807) is 0 Å². The maximum atomic E-state index is 2.39. The van der Waals surface area contributed by atoms with Gasteiger partial charge in [-0.15, -0.1) is 11.3 Å². The van der Waals surface area contributed by atoms with E-state index in [1.807, 2.05) is 11.3 Å². The largest absolute Gasteiger partial charge is 0.135 e. The van der Waals surface area contributed by atoms with Gasteiger partial charge < -0.3 is 0 Å². The van der Waals surface area contributed by atoms with Crippen molar-refractivity contribution < 1.29 is 0 Å². The minimum atomic E-state index is 1.25. The molecule has 0 spiro atoms. The first-order valence-electron chi connectivity index (χ1n) is 14.1. The predicted molar refractivity (Wildman–Crippen MR) is 180 cm³/mol. The first-order valence-corrected chi connectivity index (χ1v) is 14.9. The highest BCUT2D eigenvalue weighted by Gasteiger charge is 2.22. The van der Waals surface area contributed by atoms with Crippen LogP contribution in [-0.4, -0.2) is 0 Å². The summed E-state index contributed by atoms with van der Waals surface area (Å²) in [5, 5.41) is 13.0. The third-order valence-electron chi connectivity index (χ3n) is 8.62. The normalized spacial score (nSPS) is 11.9. The minimum absolute atomic E-state index is 1.25. The Bertz CT molecular complexity index is 2460. The van der Waals surface area contributed by atoms with Gasteiger partial charge >= 0.3 is 0 Å². The molecule has 0 atom stereocenters. The van der Waals surface area contributed by atoms with Crippen molar-refractivity contribution in [1.29, 1.82) is 0 Å². The van der Waals surface area contributed by atoms with Crippen LogP contribution in [0.15, 0.2) is 146 Å². The Hall–Kier alpha value is -4.98. The van der Waals surface area contributed by atoms with Crippen molar-refractivity contribution in [3.8, 4) is 22.3 Å². The SMILES string of the molecule is c1ccc(-c2c3ccccc3c(-c3c4ccccc4cc4c3sc3ccccc34)c3ccc4ccccc4c23)cc1. The van der Waals surface area contributed by atoms with E-state index in [4.69, 9.17) is 0 Å².